The lowest BCUT2D eigenvalue weighted by Gasteiger charge is -2.33. The highest BCUT2D eigenvalue weighted by Gasteiger charge is 2.43. The zero-order valence-electron chi connectivity index (χ0n) is 38.1. The number of ether oxygens (including phenoxy) is 3. The molecule has 0 spiro atoms. The first-order chi connectivity index (χ1) is 27.6. The Labute approximate surface area is 350 Å². The summed E-state index contributed by atoms with van der Waals surface area (Å²) in [4.78, 5) is 54.8. The second-order valence-electron chi connectivity index (χ2n) is 17.3. The van der Waals surface area contributed by atoms with Gasteiger partial charge in [-0.15, -0.1) is 0 Å². The van der Waals surface area contributed by atoms with Gasteiger partial charge in [-0.3, -0.25) is 19.2 Å². The van der Waals surface area contributed by atoms with Crippen LogP contribution in [0, 0.1) is 5.92 Å². The van der Waals surface area contributed by atoms with Crippen molar-refractivity contribution in [1.82, 2.24) is 10.2 Å². The Hall–Kier alpha value is -2.16. The predicted octanol–water partition coefficient (Wildman–Crippen LogP) is 12.0. The summed E-state index contributed by atoms with van der Waals surface area (Å²) in [6.45, 7) is 12.9. The Morgan fingerprint density at radius 1 is 0.579 bits per heavy atom. The first-order valence-corrected chi connectivity index (χ1v) is 24.2. The van der Waals surface area contributed by atoms with Gasteiger partial charge in [-0.1, -0.05) is 144 Å². The molecule has 57 heavy (non-hydrogen) atoms. The molecule has 1 aliphatic rings. The van der Waals surface area contributed by atoms with Crippen LogP contribution in [0.25, 0.3) is 0 Å². The highest BCUT2D eigenvalue weighted by atomic mass is 16.6. The number of carbonyl (C=O) groups excluding carboxylic acids is 4. The standard InChI is InChI=1S/C48H90N2O7/c1-7-12-29-42(30-13-8-2)55-44(51)33-25-21-17-19-23-27-36-48(47(54)49-38-16-11-5,57-46(53)41-35-39-50(6)40-41)37-28-24-20-18-22-26-34-45(52)56-43(31-14-9-3)32-15-10-4/h41-43H,7-40H2,1-6H3,(H,49,54). The predicted molar refractivity (Wildman–Crippen MR) is 234 cm³/mol. The van der Waals surface area contributed by atoms with Gasteiger partial charge in [0.05, 0.1) is 5.92 Å². The third-order valence-electron chi connectivity index (χ3n) is 11.8. The van der Waals surface area contributed by atoms with Crippen molar-refractivity contribution in [3.05, 3.63) is 0 Å². The van der Waals surface area contributed by atoms with Gasteiger partial charge in [0.15, 0.2) is 5.60 Å². The van der Waals surface area contributed by atoms with Gasteiger partial charge in [-0.05, 0) is 90.6 Å². The van der Waals surface area contributed by atoms with Crippen LogP contribution >= 0.6 is 0 Å². The summed E-state index contributed by atoms with van der Waals surface area (Å²) in [7, 11) is 2.03. The van der Waals surface area contributed by atoms with E-state index in [9.17, 15) is 19.2 Å². The molecule has 1 N–H and O–H groups in total. The van der Waals surface area contributed by atoms with E-state index in [4.69, 9.17) is 14.2 Å². The molecule has 1 saturated heterocycles. The van der Waals surface area contributed by atoms with E-state index in [1.807, 2.05) is 7.05 Å². The van der Waals surface area contributed by atoms with Gasteiger partial charge >= 0.3 is 17.9 Å². The molecule has 0 aliphatic carbocycles. The summed E-state index contributed by atoms with van der Waals surface area (Å²) in [5.74, 6) is -0.689. The van der Waals surface area contributed by atoms with E-state index in [2.05, 4.69) is 44.8 Å². The number of carbonyl (C=O) groups is 4. The summed E-state index contributed by atoms with van der Waals surface area (Å²) in [5.41, 5.74) is -1.16. The normalized spacial score (nSPS) is 14.7. The fourth-order valence-corrected chi connectivity index (χ4v) is 7.96. The second-order valence-corrected chi connectivity index (χ2v) is 17.3. The van der Waals surface area contributed by atoms with Crippen molar-refractivity contribution in [2.45, 2.75) is 251 Å². The monoisotopic (exact) mass is 807 g/mol. The lowest BCUT2D eigenvalue weighted by Crippen LogP contribution is -2.51. The summed E-state index contributed by atoms with van der Waals surface area (Å²) >= 11 is 0. The Morgan fingerprint density at radius 3 is 1.37 bits per heavy atom. The molecule has 0 aromatic rings. The van der Waals surface area contributed by atoms with Crippen LogP contribution in [0.1, 0.15) is 234 Å². The van der Waals surface area contributed by atoms with Crippen LogP contribution in [-0.4, -0.2) is 73.2 Å². The van der Waals surface area contributed by atoms with Crippen LogP contribution in [0.5, 0.6) is 0 Å². The molecule has 1 atom stereocenters. The van der Waals surface area contributed by atoms with E-state index in [1.54, 1.807) is 0 Å². The van der Waals surface area contributed by atoms with Gasteiger partial charge in [-0.2, -0.15) is 0 Å². The first kappa shape index (κ1) is 52.9. The minimum Gasteiger partial charge on any atom is -0.462 e. The smallest absolute Gasteiger partial charge is 0.311 e. The minimum absolute atomic E-state index is 0.0601. The van der Waals surface area contributed by atoms with Crippen molar-refractivity contribution in [3.8, 4) is 0 Å². The molecule has 0 saturated carbocycles. The van der Waals surface area contributed by atoms with Crippen LogP contribution in [0.4, 0.5) is 0 Å². The van der Waals surface area contributed by atoms with Gasteiger partial charge in [0, 0.05) is 25.9 Å². The number of amides is 1. The van der Waals surface area contributed by atoms with Crippen molar-refractivity contribution < 1.29 is 33.4 Å². The molecule has 1 unspecified atom stereocenters. The fourth-order valence-electron chi connectivity index (χ4n) is 7.96. The zero-order chi connectivity index (χ0) is 42.0. The molecule has 1 heterocycles. The third-order valence-corrected chi connectivity index (χ3v) is 11.8. The number of hydrogen-bond donors (Lipinski definition) is 1. The third kappa shape index (κ3) is 25.8. The van der Waals surface area contributed by atoms with E-state index in [0.717, 1.165) is 180 Å². The van der Waals surface area contributed by atoms with Crippen LogP contribution in [0.2, 0.25) is 0 Å². The maximum absolute atomic E-state index is 14.0. The van der Waals surface area contributed by atoms with Crippen molar-refractivity contribution in [3.63, 3.8) is 0 Å². The molecule has 1 fully saturated rings. The lowest BCUT2D eigenvalue weighted by molar-refractivity contribution is -0.174. The van der Waals surface area contributed by atoms with E-state index >= 15 is 0 Å². The summed E-state index contributed by atoms with van der Waals surface area (Å²) < 4.78 is 18.1. The van der Waals surface area contributed by atoms with Gasteiger partial charge in [0.2, 0.25) is 0 Å². The first-order valence-electron chi connectivity index (χ1n) is 24.2. The van der Waals surface area contributed by atoms with Crippen LogP contribution in [0.15, 0.2) is 0 Å². The average molecular weight is 807 g/mol. The molecular weight excluding hydrogens is 717 g/mol. The zero-order valence-corrected chi connectivity index (χ0v) is 38.1. The van der Waals surface area contributed by atoms with Crippen molar-refractivity contribution in [2.24, 2.45) is 5.92 Å². The average Bonchev–Trinajstić information content (AvgIpc) is 3.64. The molecule has 334 valence electrons. The molecule has 0 aromatic carbocycles. The number of rotatable bonds is 38. The molecule has 1 aliphatic heterocycles. The Bertz CT molecular complexity index is 970. The quantitative estimate of drug-likeness (QED) is 0.0373. The Balaban J connectivity index is 2.69. The SMILES string of the molecule is CCCCNC(=O)C(CCCCCCCCC(=O)OC(CCCC)CCCC)(CCCCCCCCC(=O)OC(CCCC)CCCC)OC(=O)C1CCN(C)C1. The van der Waals surface area contributed by atoms with Crippen LogP contribution < -0.4 is 5.32 Å². The molecule has 0 bridgehead atoms. The molecular formula is C48H90N2O7. The Morgan fingerprint density at radius 2 is 0.982 bits per heavy atom. The van der Waals surface area contributed by atoms with Crippen LogP contribution in [-0.2, 0) is 33.4 Å². The molecule has 1 rings (SSSR count). The maximum Gasteiger partial charge on any atom is 0.311 e. The van der Waals surface area contributed by atoms with E-state index in [0.29, 0.717) is 38.8 Å². The lowest BCUT2D eigenvalue weighted by atomic mass is 9.87. The number of likely N-dealkylation sites (tertiary alicyclic amines) is 1. The van der Waals surface area contributed by atoms with Gasteiger partial charge in [0.1, 0.15) is 12.2 Å². The highest BCUT2D eigenvalue weighted by molar-refractivity contribution is 5.88. The van der Waals surface area contributed by atoms with E-state index in [-0.39, 0.29) is 41.9 Å². The van der Waals surface area contributed by atoms with Crippen LogP contribution in [0.3, 0.4) is 0 Å². The summed E-state index contributed by atoms with van der Waals surface area (Å²) in [6.07, 6.45) is 28.8. The number of nitrogens with one attached hydrogen (secondary N) is 1. The topological polar surface area (TPSA) is 111 Å². The van der Waals surface area contributed by atoms with Crippen molar-refractivity contribution >= 4 is 23.8 Å². The summed E-state index contributed by atoms with van der Waals surface area (Å²) in [6, 6.07) is 0. The number of unbranched alkanes of at least 4 members (excludes halogenated alkanes) is 15. The largest absolute Gasteiger partial charge is 0.462 e. The molecule has 9 nitrogen and oxygen atoms in total. The van der Waals surface area contributed by atoms with Gasteiger partial charge in [-0.25, -0.2) is 0 Å². The minimum atomic E-state index is -1.16. The molecule has 9 heteroatoms. The molecule has 0 aromatic heterocycles. The maximum atomic E-state index is 14.0. The van der Waals surface area contributed by atoms with Gasteiger partial charge in [0.25, 0.3) is 5.91 Å². The van der Waals surface area contributed by atoms with E-state index in [1.165, 1.54) is 0 Å². The summed E-state index contributed by atoms with van der Waals surface area (Å²) in [5, 5.41) is 3.15. The number of esters is 3. The molecule has 0 radical (unpaired) electrons. The van der Waals surface area contributed by atoms with Gasteiger partial charge < -0.3 is 24.4 Å². The molecule has 1 amide bonds. The van der Waals surface area contributed by atoms with Crippen molar-refractivity contribution in [2.75, 3.05) is 26.7 Å². The highest BCUT2D eigenvalue weighted by Crippen LogP contribution is 2.31. The van der Waals surface area contributed by atoms with E-state index < -0.39 is 5.60 Å². The number of hydrogen-bond acceptors (Lipinski definition) is 8. The Kier molecular flexibility index (Phi) is 32.2. The number of nitrogens with zero attached hydrogens (tertiary/aromatic N) is 1. The second kappa shape index (κ2) is 34.7. The van der Waals surface area contributed by atoms with Crippen molar-refractivity contribution in [1.29, 1.82) is 0 Å². The fraction of sp³-hybridized carbons (Fsp3) is 0.917.